The Morgan fingerprint density at radius 1 is 1.54 bits per heavy atom. The lowest BCUT2D eigenvalue weighted by Gasteiger charge is -2.28. The van der Waals surface area contributed by atoms with Gasteiger partial charge in [-0.25, -0.2) is 0 Å². The van der Waals surface area contributed by atoms with E-state index in [1.165, 1.54) is 0 Å². The van der Waals surface area contributed by atoms with E-state index in [1.807, 2.05) is 30.6 Å². The smallest absolute Gasteiger partial charge is 0.234 e. The molecule has 0 aliphatic rings. The third-order valence-corrected chi connectivity index (χ3v) is 3.10. The van der Waals surface area contributed by atoms with Gasteiger partial charge < -0.3 is 5.73 Å². The average Bonchev–Trinajstić information content (AvgIpc) is 2.11. The Morgan fingerprint density at radius 3 is 2.46 bits per heavy atom. The Kier molecular flexibility index (Phi) is 6.16. The molecule has 0 bridgehead atoms. The summed E-state index contributed by atoms with van der Waals surface area (Å²) >= 11 is 1.82. The lowest BCUT2D eigenvalue weighted by atomic mass is 10.2. The van der Waals surface area contributed by atoms with Crippen LogP contribution in [-0.4, -0.2) is 41.9 Å². The van der Waals surface area contributed by atoms with Crippen LogP contribution in [0.25, 0.3) is 0 Å². The summed E-state index contributed by atoms with van der Waals surface area (Å²) in [5.41, 5.74) is 5.22. The second-order valence-corrected chi connectivity index (χ2v) is 4.36. The fraction of sp³-hybridized carbons (Fsp3) is 0.889. The molecular weight excluding hydrogens is 184 g/mol. The lowest BCUT2D eigenvalue weighted by molar-refractivity contribution is -0.122. The largest absolute Gasteiger partial charge is 0.368 e. The van der Waals surface area contributed by atoms with Crippen LogP contribution >= 0.6 is 11.8 Å². The molecule has 13 heavy (non-hydrogen) atoms. The summed E-state index contributed by atoms with van der Waals surface area (Å²) < 4.78 is 0. The van der Waals surface area contributed by atoms with Gasteiger partial charge in [0.15, 0.2) is 0 Å². The summed E-state index contributed by atoms with van der Waals surface area (Å²) in [6, 6.07) is 0.242. The van der Waals surface area contributed by atoms with Gasteiger partial charge in [0.2, 0.25) is 5.91 Å². The summed E-state index contributed by atoms with van der Waals surface area (Å²) in [5.74, 6) is 0.871. The highest BCUT2D eigenvalue weighted by atomic mass is 32.2. The number of nitrogens with zero attached hydrogens (tertiary/aromatic N) is 1. The van der Waals surface area contributed by atoms with Crippen molar-refractivity contribution < 1.29 is 4.79 Å². The standard InChI is InChI=1S/C9H20N2OS/c1-7(5-6-13-4)11(3)8(2)9(10)12/h7-8H,5-6H2,1-4H3,(H2,10,12). The van der Waals surface area contributed by atoms with E-state index in [1.54, 1.807) is 0 Å². The van der Waals surface area contributed by atoms with Crippen LogP contribution in [0.2, 0.25) is 0 Å². The summed E-state index contributed by atoms with van der Waals surface area (Å²) in [6.45, 7) is 3.97. The zero-order valence-corrected chi connectivity index (χ0v) is 9.73. The van der Waals surface area contributed by atoms with Gasteiger partial charge in [-0.3, -0.25) is 9.69 Å². The zero-order chi connectivity index (χ0) is 10.4. The average molecular weight is 204 g/mol. The minimum atomic E-state index is -0.251. The predicted molar refractivity (Wildman–Crippen MR) is 58.9 cm³/mol. The highest BCUT2D eigenvalue weighted by Crippen LogP contribution is 2.08. The second kappa shape index (κ2) is 6.27. The van der Waals surface area contributed by atoms with E-state index in [0.29, 0.717) is 6.04 Å². The number of primary amides is 1. The van der Waals surface area contributed by atoms with Crippen molar-refractivity contribution in [2.75, 3.05) is 19.1 Å². The summed E-state index contributed by atoms with van der Waals surface area (Å²) in [7, 11) is 1.94. The first-order chi connectivity index (χ1) is 6.00. The summed E-state index contributed by atoms with van der Waals surface area (Å²) in [5, 5.41) is 0. The number of rotatable bonds is 6. The van der Waals surface area contributed by atoms with Gasteiger partial charge in [-0.05, 0) is 39.3 Å². The molecule has 0 aromatic carbocycles. The molecule has 0 radical (unpaired) electrons. The maximum atomic E-state index is 10.9. The molecule has 3 nitrogen and oxygen atoms in total. The number of carbonyl (C=O) groups is 1. The number of nitrogens with two attached hydrogens (primary N) is 1. The zero-order valence-electron chi connectivity index (χ0n) is 8.91. The minimum Gasteiger partial charge on any atom is -0.368 e. The second-order valence-electron chi connectivity index (χ2n) is 3.37. The van der Waals surface area contributed by atoms with Gasteiger partial charge in [0.25, 0.3) is 0 Å². The van der Waals surface area contributed by atoms with Gasteiger partial charge in [0.05, 0.1) is 6.04 Å². The van der Waals surface area contributed by atoms with Crippen LogP contribution in [0.3, 0.4) is 0 Å². The fourth-order valence-corrected chi connectivity index (χ4v) is 1.65. The van der Waals surface area contributed by atoms with Crippen molar-refractivity contribution in [2.24, 2.45) is 5.73 Å². The first-order valence-corrected chi connectivity index (χ1v) is 5.90. The molecule has 0 aromatic rings. The Balaban J connectivity index is 3.93. The highest BCUT2D eigenvalue weighted by Gasteiger charge is 2.19. The Hall–Kier alpha value is -0.220. The number of hydrogen-bond acceptors (Lipinski definition) is 3. The molecule has 4 heteroatoms. The van der Waals surface area contributed by atoms with E-state index < -0.39 is 0 Å². The highest BCUT2D eigenvalue weighted by molar-refractivity contribution is 7.98. The normalized spacial score (nSPS) is 15.8. The van der Waals surface area contributed by atoms with E-state index in [-0.39, 0.29) is 11.9 Å². The molecule has 0 fully saturated rings. The lowest BCUT2D eigenvalue weighted by Crippen LogP contribution is -2.44. The monoisotopic (exact) mass is 204 g/mol. The van der Waals surface area contributed by atoms with Crippen LogP contribution in [0, 0.1) is 0 Å². The molecular formula is C9H20N2OS. The molecule has 2 atom stereocenters. The Morgan fingerprint density at radius 2 is 2.08 bits per heavy atom. The molecule has 2 N–H and O–H groups in total. The van der Waals surface area contributed by atoms with Gasteiger partial charge >= 0.3 is 0 Å². The molecule has 78 valence electrons. The van der Waals surface area contributed by atoms with Crippen molar-refractivity contribution in [1.82, 2.24) is 4.90 Å². The van der Waals surface area contributed by atoms with Gasteiger partial charge in [-0.2, -0.15) is 11.8 Å². The van der Waals surface area contributed by atoms with Crippen molar-refractivity contribution in [3.63, 3.8) is 0 Å². The predicted octanol–water partition coefficient (Wildman–Crippen LogP) is 0.934. The van der Waals surface area contributed by atoms with Crippen molar-refractivity contribution in [1.29, 1.82) is 0 Å². The molecule has 0 heterocycles. The summed E-state index contributed by atoms with van der Waals surface area (Å²) in [6.07, 6.45) is 3.18. The fourth-order valence-electron chi connectivity index (χ4n) is 1.07. The molecule has 0 saturated heterocycles. The van der Waals surface area contributed by atoms with Gasteiger partial charge in [-0.15, -0.1) is 0 Å². The van der Waals surface area contributed by atoms with Crippen molar-refractivity contribution in [3.8, 4) is 0 Å². The minimum absolute atomic E-state index is 0.170. The van der Waals surface area contributed by atoms with Crippen molar-refractivity contribution in [2.45, 2.75) is 32.4 Å². The number of carbonyl (C=O) groups excluding carboxylic acids is 1. The molecule has 2 unspecified atom stereocenters. The van der Waals surface area contributed by atoms with Crippen LogP contribution in [0.1, 0.15) is 20.3 Å². The van der Waals surface area contributed by atoms with Crippen LogP contribution < -0.4 is 5.73 Å². The molecule has 0 aliphatic carbocycles. The molecule has 0 aliphatic heterocycles. The van der Waals surface area contributed by atoms with Gasteiger partial charge in [-0.1, -0.05) is 0 Å². The maximum Gasteiger partial charge on any atom is 0.234 e. The quantitative estimate of drug-likeness (QED) is 0.700. The topological polar surface area (TPSA) is 46.3 Å². The van der Waals surface area contributed by atoms with Crippen molar-refractivity contribution in [3.05, 3.63) is 0 Å². The third-order valence-electron chi connectivity index (χ3n) is 2.46. The summed E-state index contributed by atoms with van der Waals surface area (Å²) in [4.78, 5) is 12.9. The first kappa shape index (κ1) is 12.8. The van der Waals surface area contributed by atoms with E-state index >= 15 is 0 Å². The Labute approximate surface area is 85.0 Å². The molecule has 0 rings (SSSR count). The molecule has 1 amide bonds. The molecule has 0 spiro atoms. The number of hydrogen-bond donors (Lipinski definition) is 1. The van der Waals surface area contributed by atoms with E-state index in [4.69, 9.17) is 5.73 Å². The van der Waals surface area contributed by atoms with E-state index in [0.717, 1.165) is 12.2 Å². The number of amides is 1. The van der Waals surface area contributed by atoms with Gasteiger partial charge in [0, 0.05) is 6.04 Å². The first-order valence-electron chi connectivity index (χ1n) is 4.50. The number of likely N-dealkylation sites (N-methyl/N-ethyl adjacent to an activating group) is 1. The van der Waals surface area contributed by atoms with Crippen molar-refractivity contribution >= 4 is 17.7 Å². The SMILES string of the molecule is CSCCC(C)N(C)C(C)C(N)=O. The maximum absolute atomic E-state index is 10.9. The Bertz CT molecular complexity index is 164. The molecule has 0 aromatic heterocycles. The van der Waals surface area contributed by atoms with Crippen LogP contribution in [-0.2, 0) is 4.79 Å². The molecule has 0 saturated carbocycles. The number of thioether (sulfide) groups is 1. The third kappa shape index (κ3) is 4.52. The van der Waals surface area contributed by atoms with E-state index in [2.05, 4.69) is 13.2 Å². The van der Waals surface area contributed by atoms with Crippen LogP contribution in [0.5, 0.6) is 0 Å². The van der Waals surface area contributed by atoms with Gasteiger partial charge in [0.1, 0.15) is 0 Å². The van der Waals surface area contributed by atoms with Crippen LogP contribution in [0.15, 0.2) is 0 Å². The van der Waals surface area contributed by atoms with Crippen LogP contribution in [0.4, 0.5) is 0 Å². The van der Waals surface area contributed by atoms with E-state index in [9.17, 15) is 4.79 Å².